The topological polar surface area (TPSA) is 52.0 Å². The van der Waals surface area contributed by atoms with Crippen LogP contribution in [0.3, 0.4) is 0 Å². The Morgan fingerprint density at radius 1 is 1.06 bits per heavy atom. The highest BCUT2D eigenvalue weighted by atomic mass is 16.3. The van der Waals surface area contributed by atoms with Crippen molar-refractivity contribution in [3.63, 3.8) is 0 Å². The lowest BCUT2D eigenvalue weighted by Gasteiger charge is -1.98. The van der Waals surface area contributed by atoms with Crippen LogP contribution in [0.5, 0.6) is 0 Å². The van der Waals surface area contributed by atoms with E-state index in [1.807, 2.05) is 49.4 Å². The number of benzene rings is 2. The molecule has 1 heterocycles. The molecule has 0 aliphatic heterocycles. The van der Waals surface area contributed by atoms with Crippen LogP contribution < -0.4 is 5.73 Å². The summed E-state index contributed by atoms with van der Waals surface area (Å²) in [5.74, 6) is 0.576. The molecule has 3 aromatic rings. The molecule has 0 unspecified atom stereocenters. The summed E-state index contributed by atoms with van der Waals surface area (Å²) >= 11 is 0. The van der Waals surface area contributed by atoms with Crippen molar-refractivity contribution >= 4 is 16.8 Å². The summed E-state index contributed by atoms with van der Waals surface area (Å²) in [5, 5.41) is 0. The number of rotatable bonds is 1. The summed E-state index contributed by atoms with van der Waals surface area (Å²) in [5.41, 5.74) is 10.2. The van der Waals surface area contributed by atoms with Gasteiger partial charge >= 0.3 is 0 Å². The normalized spacial score (nSPS) is 10.9. The molecule has 0 aliphatic carbocycles. The summed E-state index contributed by atoms with van der Waals surface area (Å²) < 4.78 is 5.72. The van der Waals surface area contributed by atoms with Gasteiger partial charge in [-0.05, 0) is 30.7 Å². The van der Waals surface area contributed by atoms with Crippen molar-refractivity contribution in [3.05, 3.63) is 48.0 Å². The predicted octanol–water partition coefficient (Wildman–Crippen LogP) is 3.39. The van der Waals surface area contributed by atoms with E-state index in [1.54, 1.807) is 0 Å². The smallest absolute Gasteiger partial charge is 0.229 e. The second-order valence-corrected chi connectivity index (χ2v) is 4.03. The highest BCUT2D eigenvalue weighted by molar-refractivity contribution is 5.81. The van der Waals surface area contributed by atoms with E-state index in [-0.39, 0.29) is 0 Å². The third kappa shape index (κ3) is 1.56. The molecule has 0 spiro atoms. The van der Waals surface area contributed by atoms with Gasteiger partial charge in [0, 0.05) is 5.69 Å². The van der Waals surface area contributed by atoms with E-state index < -0.39 is 0 Å². The molecule has 17 heavy (non-hydrogen) atoms. The van der Waals surface area contributed by atoms with E-state index in [1.165, 1.54) is 0 Å². The molecule has 3 nitrogen and oxygen atoms in total. The number of anilines is 1. The van der Waals surface area contributed by atoms with Gasteiger partial charge in [0.15, 0.2) is 5.58 Å². The fraction of sp³-hybridized carbons (Fsp3) is 0.0714. The summed E-state index contributed by atoms with van der Waals surface area (Å²) in [6.07, 6.45) is 0. The highest BCUT2D eigenvalue weighted by Crippen LogP contribution is 2.29. The van der Waals surface area contributed by atoms with E-state index in [0.717, 1.165) is 22.2 Å². The zero-order valence-corrected chi connectivity index (χ0v) is 9.47. The van der Waals surface area contributed by atoms with Crippen LogP contribution in [0.1, 0.15) is 5.56 Å². The van der Waals surface area contributed by atoms with Gasteiger partial charge in [0.05, 0.1) is 5.56 Å². The maximum Gasteiger partial charge on any atom is 0.229 e. The van der Waals surface area contributed by atoms with Crippen LogP contribution in [0.25, 0.3) is 22.6 Å². The van der Waals surface area contributed by atoms with Gasteiger partial charge in [0.1, 0.15) is 5.52 Å². The number of oxazole rings is 1. The van der Waals surface area contributed by atoms with Crippen LogP contribution in [-0.2, 0) is 0 Å². The largest absolute Gasteiger partial charge is 0.436 e. The minimum Gasteiger partial charge on any atom is -0.436 e. The average molecular weight is 224 g/mol. The molecule has 3 heteroatoms. The van der Waals surface area contributed by atoms with Crippen molar-refractivity contribution in [2.75, 3.05) is 5.73 Å². The standard InChI is InChI=1S/C14H12N2O/c1-9-5-4-8-12-13(9)16-14(17-12)10-6-2-3-7-11(10)15/h2-8H,15H2,1H3. The molecule has 0 radical (unpaired) electrons. The van der Waals surface area contributed by atoms with Crippen LogP contribution in [0.4, 0.5) is 5.69 Å². The molecule has 0 saturated carbocycles. The number of fused-ring (bicyclic) bond motifs is 1. The second-order valence-electron chi connectivity index (χ2n) is 4.03. The zero-order valence-electron chi connectivity index (χ0n) is 9.47. The van der Waals surface area contributed by atoms with E-state index in [4.69, 9.17) is 10.2 Å². The maximum absolute atomic E-state index is 5.91. The molecule has 2 N–H and O–H groups in total. The first kappa shape index (κ1) is 9.90. The van der Waals surface area contributed by atoms with E-state index in [9.17, 15) is 0 Å². The first-order valence-corrected chi connectivity index (χ1v) is 5.47. The van der Waals surface area contributed by atoms with E-state index >= 15 is 0 Å². The van der Waals surface area contributed by atoms with Crippen molar-refractivity contribution in [3.8, 4) is 11.5 Å². The molecule has 1 aromatic heterocycles. The van der Waals surface area contributed by atoms with Gasteiger partial charge in [0.25, 0.3) is 0 Å². The summed E-state index contributed by atoms with van der Waals surface area (Å²) in [6, 6.07) is 13.5. The van der Waals surface area contributed by atoms with Gasteiger partial charge in [-0.3, -0.25) is 0 Å². The Labute approximate surface area is 98.9 Å². The third-order valence-electron chi connectivity index (χ3n) is 2.81. The number of aryl methyl sites for hydroxylation is 1. The minimum absolute atomic E-state index is 0.576. The first-order chi connectivity index (χ1) is 8.25. The minimum atomic E-state index is 0.576. The first-order valence-electron chi connectivity index (χ1n) is 5.47. The van der Waals surface area contributed by atoms with Crippen molar-refractivity contribution in [1.29, 1.82) is 0 Å². The molecule has 2 aromatic carbocycles. The molecule has 0 saturated heterocycles. The van der Waals surface area contributed by atoms with Gasteiger partial charge in [-0.15, -0.1) is 0 Å². The summed E-state index contributed by atoms with van der Waals surface area (Å²) in [7, 11) is 0. The van der Waals surface area contributed by atoms with Crippen LogP contribution in [0.15, 0.2) is 46.9 Å². The van der Waals surface area contributed by atoms with Gasteiger partial charge in [0.2, 0.25) is 5.89 Å². The SMILES string of the molecule is Cc1cccc2oc(-c3ccccc3N)nc12. The van der Waals surface area contributed by atoms with E-state index in [0.29, 0.717) is 11.6 Å². The highest BCUT2D eigenvalue weighted by Gasteiger charge is 2.11. The molecular weight excluding hydrogens is 212 g/mol. The van der Waals surface area contributed by atoms with Crippen LogP contribution in [0.2, 0.25) is 0 Å². The lowest BCUT2D eigenvalue weighted by atomic mass is 10.2. The Balaban J connectivity index is 2.26. The maximum atomic E-state index is 5.91. The Morgan fingerprint density at radius 3 is 2.65 bits per heavy atom. The average Bonchev–Trinajstić information content (AvgIpc) is 2.75. The monoisotopic (exact) mass is 224 g/mol. The van der Waals surface area contributed by atoms with Crippen LogP contribution >= 0.6 is 0 Å². The zero-order chi connectivity index (χ0) is 11.8. The fourth-order valence-electron chi connectivity index (χ4n) is 1.89. The Kier molecular flexibility index (Phi) is 2.11. The van der Waals surface area contributed by atoms with Crippen molar-refractivity contribution < 1.29 is 4.42 Å². The predicted molar refractivity (Wildman–Crippen MR) is 68.6 cm³/mol. The Bertz CT molecular complexity index is 686. The number of nitrogens with two attached hydrogens (primary N) is 1. The molecule has 84 valence electrons. The molecule has 0 fully saturated rings. The molecular formula is C14H12N2O. The van der Waals surface area contributed by atoms with Crippen molar-refractivity contribution in [2.24, 2.45) is 0 Å². The van der Waals surface area contributed by atoms with Gasteiger partial charge in [-0.25, -0.2) is 4.98 Å². The van der Waals surface area contributed by atoms with Crippen molar-refractivity contribution in [1.82, 2.24) is 4.98 Å². The van der Waals surface area contributed by atoms with Crippen LogP contribution in [-0.4, -0.2) is 4.98 Å². The third-order valence-corrected chi connectivity index (χ3v) is 2.81. The van der Waals surface area contributed by atoms with Crippen LogP contribution in [0, 0.1) is 6.92 Å². The number of para-hydroxylation sites is 2. The summed E-state index contributed by atoms with van der Waals surface area (Å²) in [6.45, 7) is 2.02. The lowest BCUT2D eigenvalue weighted by molar-refractivity contribution is 0.620. The van der Waals surface area contributed by atoms with E-state index in [2.05, 4.69) is 4.98 Å². The number of hydrogen-bond donors (Lipinski definition) is 1. The van der Waals surface area contributed by atoms with Gasteiger partial charge in [-0.1, -0.05) is 24.3 Å². The quantitative estimate of drug-likeness (QED) is 0.644. The fourth-order valence-corrected chi connectivity index (χ4v) is 1.89. The van der Waals surface area contributed by atoms with Gasteiger partial charge in [-0.2, -0.15) is 0 Å². The molecule has 0 atom stereocenters. The number of aromatic nitrogens is 1. The number of nitrogens with zero attached hydrogens (tertiary/aromatic N) is 1. The molecule has 0 bridgehead atoms. The molecule has 0 aliphatic rings. The Morgan fingerprint density at radius 2 is 1.88 bits per heavy atom. The number of nitrogen functional groups attached to an aromatic ring is 1. The summed E-state index contributed by atoms with van der Waals surface area (Å²) in [4.78, 5) is 4.50. The lowest BCUT2D eigenvalue weighted by Crippen LogP contribution is -1.88. The number of hydrogen-bond acceptors (Lipinski definition) is 3. The molecule has 0 amide bonds. The Hall–Kier alpha value is -2.29. The van der Waals surface area contributed by atoms with Gasteiger partial charge < -0.3 is 10.2 Å². The molecule has 3 rings (SSSR count). The second kappa shape index (κ2) is 3.63. The van der Waals surface area contributed by atoms with Crippen molar-refractivity contribution in [2.45, 2.75) is 6.92 Å².